The zero-order valence-corrected chi connectivity index (χ0v) is 28.5. The molecule has 256 valence electrons. The van der Waals surface area contributed by atoms with Gasteiger partial charge in [0, 0.05) is 43.6 Å². The lowest BCUT2D eigenvalue weighted by molar-refractivity contribution is -0.170. The number of cyclic esters (lactones) is 1. The molecule has 9 nitrogen and oxygen atoms in total. The molecule has 2 rings (SSSR count). The van der Waals surface area contributed by atoms with Crippen molar-refractivity contribution < 1.29 is 44.5 Å². The number of hydrogen-bond donors (Lipinski definition) is 5. The number of allylic oxidation sites excluding steroid dienone is 6. The number of aliphatic hydroxyl groups excluding tert-OH is 5. The van der Waals surface area contributed by atoms with Gasteiger partial charge in [-0.3, -0.25) is 0 Å². The van der Waals surface area contributed by atoms with Gasteiger partial charge in [-0.15, -0.1) is 0 Å². The maximum Gasteiger partial charge on any atom is 0.373 e. The quantitative estimate of drug-likeness (QED) is 0.202. The third kappa shape index (κ3) is 11.2. The summed E-state index contributed by atoms with van der Waals surface area (Å²) >= 11 is 0. The van der Waals surface area contributed by atoms with Gasteiger partial charge in [-0.2, -0.15) is 0 Å². The summed E-state index contributed by atoms with van der Waals surface area (Å²) in [6, 6.07) is 0. The van der Waals surface area contributed by atoms with Gasteiger partial charge in [0.15, 0.2) is 0 Å². The minimum Gasteiger partial charge on any atom is -0.502 e. The molecule has 5 N–H and O–H groups in total. The lowest BCUT2D eigenvalue weighted by Crippen LogP contribution is -2.50. The number of aliphatic hydroxyl groups is 5. The molecule has 1 fully saturated rings. The van der Waals surface area contributed by atoms with Crippen LogP contribution < -0.4 is 0 Å². The van der Waals surface area contributed by atoms with Crippen LogP contribution in [0.25, 0.3) is 0 Å². The summed E-state index contributed by atoms with van der Waals surface area (Å²) < 4.78 is 17.9. The van der Waals surface area contributed by atoms with Crippen LogP contribution in [-0.4, -0.2) is 87.4 Å². The Labute approximate surface area is 270 Å². The first-order valence-electron chi connectivity index (χ1n) is 16.3. The number of carbonyl (C=O) groups excluding carboxylic acids is 1. The number of esters is 1. The summed E-state index contributed by atoms with van der Waals surface area (Å²) in [5, 5.41) is 54.5. The van der Waals surface area contributed by atoms with Crippen LogP contribution in [0.1, 0.15) is 74.7 Å². The largest absolute Gasteiger partial charge is 0.502 e. The molecule has 9 heteroatoms. The Kier molecular flexibility index (Phi) is 15.7. The Hall–Kier alpha value is -2.27. The van der Waals surface area contributed by atoms with E-state index in [1.807, 2.05) is 59.8 Å². The van der Waals surface area contributed by atoms with Gasteiger partial charge in [0.1, 0.15) is 12.2 Å². The highest BCUT2D eigenvalue weighted by Gasteiger charge is 2.42. The Morgan fingerprint density at radius 2 is 1.69 bits per heavy atom. The van der Waals surface area contributed by atoms with Crippen LogP contribution in [0.2, 0.25) is 0 Å². The van der Waals surface area contributed by atoms with Crippen molar-refractivity contribution in [2.45, 2.75) is 123 Å². The molecule has 0 aromatic carbocycles. The number of methoxy groups -OCH3 is 1. The van der Waals surface area contributed by atoms with Crippen LogP contribution in [0, 0.1) is 29.6 Å². The van der Waals surface area contributed by atoms with Crippen molar-refractivity contribution in [1.29, 1.82) is 0 Å². The van der Waals surface area contributed by atoms with Crippen molar-refractivity contribution in [3.8, 4) is 0 Å². The zero-order chi connectivity index (χ0) is 34.0. The van der Waals surface area contributed by atoms with E-state index in [4.69, 9.17) is 14.2 Å². The van der Waals surface area contributed by atoms with Gasteiger partial charge in [-0.25, -0.2) is 4.79 Å². The topological polar surface area (TPSA) is 146 Å². The van der Waals surface area contributed by atoms with Crippen LogP contribution in [0.5, 0.6) is 0 Å². The molecule has 2 aliphatic rings. The van der Waals surface area contributed by atoms with Gasteiger partial charge in [-0.1, -0.05) is 82.2 Å². The van der Waals surface area contributed by atoms with Crippen molar-refractivity contribution in [3.63, 3.8) is 0 Å². The molecule has 0 unspecified atom stereocenters. The highest BCUT2D eigenvalue weighted by Crippen LogP contribution is 2.34. The van der Waals surface area contributed by atoms with Crippen molar-refractivity contribution in [2.75, 3.05) is 7.11 Å². The smallest absolute Gasteiger partial charge is 0.373 e. The predicted octanol–water partition coefficient (Wildman–Crippen LogP) is 4.96. The Balaban J connectivity index is 2.46. The second-order valence-corrected chi connectivity index (χ2v) is 13.4. The molecule has 0 amide bonds. The SMILES string of the molecule is C/C=C/[C@H]1O[C@@H]([C@@H](C)[C@H](O)[C@H](C)[C@H]2OC(=O)/C(O)=C/C(C)=C/[C@@H](C)[C@@H](O)C[C@@H](O)[C@H](C)C/C(C)=C/C=C/[C@@H]2OC)C[C@@H](O)[C@@H]1C. The Morgan fingerprint density at radius 1 is 1.02 bits per heavy atom. The fourth-order valence-electron chi connectivity index (χ4n) is 6.26. The van der Waals surface area contributed by atoms with E-state index in [-0.39, 0.29) is 30.3 Å². The summed E-state index contributed by atoms with van der Waals surface area (Å²) in [5.74, 6) is -3.23. The average molecular weight is 635 g/mol. The van der Waals surface area contributed by atoms with Crippen molar-refractivity contribution in [3.05, 3.63) is 59.4 Å². The molecule has 0 bridgehead atoms. The van der Waals surface area contributed by atoms with Crippen molar-refractivity contribution in [2.24, 2.45) is 29.6 Å². The number of rotatable bonds is 6. The molecule has 0 spiro atoms. The first-order chi connectivity index (χ1) is 21.1. The molecule has 0 saturated carbocycles. The van der Waals surface area contributed by atoms with E-state index in [9.17, 15) is 30.3 Å². The van der Waals surface area contributed by atoms with E-state index in [1.54, 1.807) is 32.1 Å². The molecule has 0 aliphatic carbocycles. The lowest BCUT2D eigenvalue weighted by Gasteiger charge is -2.42. The molecule has 1 saturated heterocycles. The van der Waals surface area contributed by atoms with Crippen LogP contribution in [0.15, 0.2) is 59.4 Å². The second kappa shape index (κ2) is 18.2. The van der Waals surface area contributed by atoms with Gasteiger partial charge >= 0.3 is 5.97 Å². The van der Waals surface area contributed by atoms with Gasteiger partial charge in [0.05, 0.1) is 36.6 Å². The van der Waals surface area contributed by atoms with Gasteiger partial charge in [-0.05, 0) is 39.2 Å². The fraction of sp³-hybridized carbons (Fsp3) is 0.694. The normalized spacial score (nSPS) is 41.2. The van der Waals surface area contributed by atoms with E-state index in [0.29, 0.717) is 18.4 Å². The summed E-state index contributed by atoms with van der Waals surface area (Å²) in [6.07, 6.45) is 7.73. The summed E-state index contributed by atoms with van der Waals surface area (Å²) in [4.78, 5) is 13.2. The Morgan fingerprint density at radius 3 is 2.31 bits per heavy atom. The molecule has 13 atom stereocenters. The van der Waals surface area contributed by atoms with Crippen LogP contribution in [0.4, 0.5) is 0 Å². The fourth-order valence-corrected chi connectivity index (χ4v) is 6.26. The monoisotopic (exact) mass is 634 g/mol. The van der Waals surface area contributed by atoms with E-state index < -0.39 is 66.3 Å². The van der Waals surface area contributed by atoms with Crippen molar-refractivity contribution >= 4 is 5.97 Å². The zero-order valence-electron chi connectivity index (χ0n) is 28.5. The Bertz CT molecular complexity index is 1090. The third-order valence-electron chi connectivity index (χ3n) is 9.51. The average Bonchev–Trinajstić information content (AvgIpc) is 2.98. The number of hydrogen-bond acceptors (Lipinski definition) is 9. The van der Waals surface area contributed by atoms with E-state index in [1.165, 1.54) is 13.2 Å². The second-order valence-electron chi connectivity index (χ2n) is 13.4. The summed E-state index contributed by atoms with van der Waals surface area (Å²) in [6.45, 7) is 14.8. The standard InChI is InChI=1S/C36H58O9/c1-10-12-31-24(6)29(39)19-33(44-31)25(7)34(41)26(8)35-32(43-9)14-11-13-20(2)15-22(4)27(37)18-28(38)23(5)16-21(3)17-30(40)36(42)45-35/h10-14,16-17,22-29,31-35,37-41H,15,18-19H2,1-9H3/b12-10+,14-11+,20-13+,21-16+,30-17-/t22-,23-,24+,25-,26+,27-,28+,29-,31-,32+,33-,34+,35-/m1/s1. The van der Waals surface area contributed by atoms with Crippen molar-refractivity contribution in [1.82, 2.24) is 0 Å². The third-order valence-corrected chi connectivity index (χ3v) is 9.51. The maximum atomic E-state index is 13.2. The first-order valence-corrected chi connectivity index (χ1v) is 16.3. The number of ether oxygens (including phenoxy) is 3. The van der Waals surface area contributed by atoms with Gasteiger partial charge < -0.3 is 39.7 Å². The predicted molar refractivity (Wildman–Crippen MR) is 175 cm³/mol. The van der Waals surface area contributed by atoms with E-state index >= 15 is 0 Å². The molecular weight excluding hydrogens is 576 g/mol. The van der Waals surface area contributed by atoms with E-state index in [0.717, 1.165) is 5.57 Å². The minimum atomic E-state index is -1.02. The molecule has 45 heavy (non-hydrogen) atoms. The molecule has 0 aromatic heterocycles. The molecule has 0 radical (unpaired) electrons. The molecule has 2 aliphatic heterocycles. The highest BCUT2D eigenvalue weighted by molar-refractivity contribution is 5.86. The first kappa shape index (κ1) is 38.9. The van der Waals surface area contributed by atoms with E-state index in [2.05, 4.69) is 0 Å². The summed E-state index contributed by atoms with van der Waals surface area (Å²) in [5.41, 5.74) is 1.54. The van der Waals surface area contributed by atoms with Crippen LogP contribution >= 0.6 is 0 Å². The highest BCUT2D eigenvalue weighted by atomic mass is 16.6. The minimum absolute atomic E-state index is 0.0915. The summed E-state index contributed by atoms with van der Waals surface area (Å²) in [7, 11) is 1.48. The maximum absolute atomic E-state index is 13.2. The van der Waals surface area contributed by atoms with Crippen LogP contribution in [-0.2, 0) is 19.0 Å². The molecule has 2 heterocycles. The molecular formula is C36H58O9. The van der Waals surface area contributed by atoms with Gasteiger partial charge in [0.2, 0.25) is 5.76 Å². The number of carbonyl (C=O) groups is 1. The van der Waals surface area contributed by atoms with Crippen LogP contribution in [0.3, 0.4) is 0 Å². The molecule has 0 aromatic rings. The van der Waals surface area contributed by atoms with Gasteiger partial charge in [0.25, 0.3) is 0 Å². The lowest BCUT2D eigenvalue weighted by atomic mass is 9.79.